The Morgan fingerprint density at radius 1 is 1.11 bits per heavy atom. The Kier molecular flexibility index (Phi) is 5.73. The molecule has 27 heavy (non-hydrogen) atoms. The molecule has 0 unspecified atom stereocenters. The number of aryl methyl sites for hydroxylation is 1. The molecule has 0 spiro atoms. The van der Waals surface area contributed by atoms with E-state index in [1.54, 1.807) is 31.5 Å². The molecule has 3 rings (SSSR count). The summed E-state index contributed by atoms with van der Waals surface area (Å²) in [6, 6.07) is 14.7. The van der Waals surface area contributed by atoms with Gasteiger partial charge in [0.15, 0.2) is 0 Å². The number of nitrogens with zero attached hydrogens (tertiary/aromatic N) is 1. The Labute approximate surface area is 157 Å². The molecular formula is C20H22N4O3. The first-order valence-corrected chi connectivity index (χ1v) is 8.56. The van der Waals surface area contributed by atoms with Crippen molar-refractivity contribution in [3.8, 4) is 5.69 Å². The summed E-state index contributed by atoms with van der Waals surface area (Å²) in [4.78, 5) is 27.0. The van der Waals surface area contributed by atoms with E-state index in [2.05, 4.69) is 15.6 Å². The average Bonchev–Trinajstić information content (AvgIpc) is 3.00. The second kappa shape index (κ2) is 8.37. The van der Waals surface area contributed by atoms with Gasteiger partial charge >= 0.3 is 11.7 Å². The largest absolute Gasteiger partial charge is 0.380 e. The first kappa shape index (κ1) is 18.5. The van der Waals surface area contributed by atoms with E-state index >= 15 is 0 Å². The SMILES string of the molecule is COCc1ccc(CNC(=O)Nc2ccccc2-n2c(C)c[nH]c2=O)cc1. The standard InChI is InChI=1S/C20H22N4O3/c1-14-11-22-20(26)24(14)18-6-4-3-5-17(18)23-19(25)21-12-15-7-9-16(10-8-15)13-27-2/h3-11H,12-13H2,1-2H3,(H,22,26)(H2,21,23,25). The number of carbonyl (C=O) groups is 1. The van der Waals surface area contributed by atoms with Crippen molar-refractivity contribution in [3.05, 3.63) is 82.0 Å². The molecule has 3 N–H and O–H groups in total. The van der Waals surface area contributed by atoms with Crippen molar-refractivity contribution in [1.82, 2.24) is 14.9 Å². The molecule has 0 aliphatic carbocycles. The van der Waals surface area contributed by atoms with Gasteiger partial charge in [-0.15, -0.1) is 0 Å². The lowest BCUT2D eigenvalue weighted by Crippen LogP contribution is -2.29. The third-order valence-electron chi connectivity index (χ3n) is 4.14. The lowest BCUT2D eigenvalue weighted by Gasteiger charge is -2.13. The molecule has 0 aliphatic rings. The predicted octanol–water partition coefficient (Wildman–Crippen LogP) is 2.94. The van der Waals surface area contributed by atoms with Crippen LogP contribution in [-0.2, 0) is 17.9 Å². The highest BCUT2D eigenvalue weighted by molar-refractivity contribution is 5.91. The predicted molar refractivity (Wildman–Crippen MR) is 104 cm³/mol. The third kappa shape index (κ3) is 4.45. The van der Waals surface area contributed by atoms with Crippen molar-refractivity contribution < 1.29 is 9.53 Å². The highest BCUT2D eigenvalue weighted by Gasteiger charge is 2.11. The van der Waals surface area contributed by atoms with E-state index in [9.17, 15) is 9.59 Å². The van der Waals surface area contributed by atoms with Gasteiger partial charge in [-0.3, -0.25) is 4.57 Å². The summed E-state index contributed by atoms with van der Waals surface area (Å²) in [7, 11) is 1.65. The zero-order valence-corrected chi connectivity index (χ0v) is 15.3. The Morgan fingerprint density at radius 3 is 2.48 bits per heavy atom. The molecule has 1 heterocycles. The number of aromatic amines is 1. The molecule has 0 atom stereocenters. The van der Waals surface area contributed by atoms with Gasteiger partial charge in [-0.1, -0.05) is 36.4 Å². The Morgan fingerprint density at radius 2 is 1.81 bits per heavy atom. The molecular weight excluding hydrogens is 344 g/mol. The van der Waals surface area contributed by atoms with Gasteiger partial charge in [-0.25, -0.2) is 9.59 Å². The number of benzene rings is 2. The molecule has 1 aromatic heterocycles. The van der Waals surface area contributed by atoms with Crippen molar-refractivity contribution in [2.24, 2.45) is 0 Å². The van der Waals surface area contributed by atoms with E-state index in [0.717, 1.165) is 16.8 Å². The topological polar surface area (TPSA) is 88.2 Å². The molecule has 0 saturated carbocycles. The van der Waals surface area contributed by atoms with Crippen molar-refractivity contribution in [1.29, 1.82) is 0 Å². The maximum Gasteiger partial charge on any atom is 0.330 e. The van der Waals surface area contributed by atoms with Gasteiger partial charge in [0.25, 0.3) is 0 Å². The minimum Gasteiger partial charge on any atom is -0.380 e. The van der Waals surface area contributed by atoms with E-state index in [4.69, 9.17) is 4.74 Å². The molecule has 3 aromatic rings. The van der Waals surface area contributed by atoms with Crippen LogP contribution in [0.3, 0.4) is 0 Å². The third-order valence-corrected chi connectivity index (χ3v) is 4.14. The number of anilines is 1. The number of nitrogens with one attached hydrogen (secondary N) is 3. The van der Waals surface area contributed by atoms with Crippen LogP contribution in [0.2, 0.25) is 0 Å². The molecule has 140 valence electrons. The Hall–Kier alpha value is -3.32. The highest BCUT2D eigenvalue weighted by atomic mass is 16.5. The quantitative estimate of drug-likeness (QED) is 0.627. The van der Waals surface area contributed by atoms with Gasteiger partial charge in [-0.05, 0) is 30.2 Å². The molecule has 7 heteroatoms. The van der Waals surface area contributed by atoms with Gasteiger partial charge in [0.2, 0.25) is 0 Å². The summed E-state index contributed by atoms with van der Waals surface area (Å²) < 4.78 is 6.60. The van der Waals surface area contributed by atoms with Crippen LogP contribution >= 0.6 is 0 Å². The lowest BCUT2D eigenvalue weighted by atomic mass is 10.1. The second-order valence-corrected chi connectivity index (χ2v) is 6.14. The van der Waals surface area contributed by atoms with Crippen molar-refractivity contribution >= 4 is 11.7 Å². The first-order chi connectivity index (χ1) is 13.1. The molecule has 0 aliphatic heterocycles. The summed E-state index contributed by atoms with van der Waals surface area (Å²) in [6.07, 6.45) is 1.63. The maximum atomic E-state index is 12.3. The van der Waals surface area contributed by atoms with Crippen LogP contribution < -0.4 is 16.3 Å². The van der Waals surface area contributed by atoms with Crippen LogP contribution in [0.5, 0.6) is 0 Å². The van der Waals surface area contributed by atoms with Gasteiger partial charge in [0, 0.05) is 25.5 Å². The van der Waals surface area contributed by atoms with Gasteiger partial charge < -0.3 is 20.4 Å². The molecule has 0 radical (unpaired) electrons. The van der Waals surface area contributed by atoms with Crippen molar-refractivity contribution in [3.63, 3.8) is 0 Å². The van der Waals surface area contributed by atoms with E-state index in [1.165, 1.54) is 4.57 Å². The normalized spacial score (nSPS) is 10.6. The first-order valence-electron chi connectivity index (χ1n) is 8.56. The second-order valence-electron chi connectivity index (χ2n) is 6.14. The number of carbonyl (C=O) groups excluding carboxylic acids is 1. The summed E-state index contributed by atoms with van der Waals surface area (Å²) in [6.45, 7) is 2.77. The number of H-pyrrole nitrogens is 1. The summed E-state index contributed by atoms with van der Waals surface area (Å²) in [5.74, 6) is 0. The summed E-state index contributed by atoms with van der Waals surface area (Å²) >= 11 is 0. The van der Waals surface area contributed by atoms with E-state index < -0.39 is 0 Å². The number of para-hydroxylation sites is 2. The molecule has 7 nitrogen and oxygen atoms in total. The maximum absolute atomic E-state index is 12.3. The molecule has 0 bridgehead atoms. The fourth-order valence-corrected chi connectivity index (χ4v) is 2.80. The number of aromatic nitrogens is 2. The average molecular weight is 366 g/mol. The lowest BCUT2D eigenvalue weighted by molar-refractivity contribution is 0.185. The fourth-order valence-electron chi connectivity index (χ4n) is 2.80. The monoisotopic (exact) mass is 366 g/mol. The van der Waals surface area contributed by atoms with Gasteiger partial charge in [0.1, 0.15) is 0 Å². The van der Waals surface area contributed by atoms with E-state index in [-0.39, 0.29) is 11.7 Å². The fraction of sp³-hybridized carbons (Fsp3) is 0.200. The Bertz CT molecular complexity index is 973. The van der Waals surface area contributed by atoms with Crippen LogP contribution in [-0.4, -0.2) is 22.7 Å². The van der Waals surface area contributed by atoms with Crippen LogP contribution in [0, 0.1) is 6.92 Å². The van der Waals surface area contributed by atoms with Crippen LogP contribution in [0.25, 0.3) is 5.69 Å². The number of rotatable bonds is 6. The Balaban J connectivity index is 1.67. The number of amides is 2. The number of hydrogen-bond donors (Lipinski definition) is 3. The van der Waals surface area contributed by atoms with Crippen LogP contribution in [0.15, 0.2) is 59.5 Å². The number of hydrogen-bond acceptors (Lipinski definition) is 3. The van der Waals surface area contributed by atoms with Crippen molar-refractivity contribution in [2.45, 2.75) is 20.1 Å². The number of ether oxygens (including phenoxy) is 1. The number of methoxy groups -OCH3 is 1. The van der Waals surface area contributed by atoms with E-state index in [1.807, 2.05) is 37.3 Å². The molecule has 0 saturated heterocycles. The minimum atomic E-state index is -0.343. The van der Waals surface area contributed by atoms with Crippen LogP contribution in [0.4, 0.5) is 10.5 Å². The van der Waals surface area contributed by atoms with Crippen molar-refractivity contribution in [2.75, 3.05) is 12.4 Å². The zero-order chi connectivity index (χ0) is 19.2. The minimum absolute atomic E-state index is 0.252. The summed E-state index contributed by atoms with van der Waals surface area (Å²) in [5, 5.41) is 5.64. The van der Waals surface area contributed by atoms with Gasteiger partial charge in [-0.2, -0.15) is 0 Å². The zero-order valence-electron chi connectivity index (χ0n) is 15.3. The number of urea groups is 1. The summed E-state index contributed by atoms with van der Waals surface area (Å²) in [5.41, 5.74) is 3.72. The highest BCUT2D eigenvalue weighted by Crippen LogP contribution is 2.19. The number of imidazole rings is 1. The molecule has 0 fully saturated rings. The van der Waals surface area contributed by atoms with E-state index in [0.29, 0.717) is 24.5 Å². The van der Waals surface area contributed by atoms with Gasteiger partial charge in [0.05, 0.1) is 18.0 Å². The van der Waals surface area contributed by atoms with Crippen LogP contribution in [0.1, 0.15) is 16.8 Å². The molecule has 2 aromatic carbocycles. The smallest absolute Gasteiger partial charge is 0.330 e. The molecule has 2 amide bonds.